The lowest BCUT2D eigenvalue weighted by Crippen LogP contribution is -1.97. The first-order chi connectivity index (χ1) is 3.75. The zero-order chi connectivity index (χ0) is 6.15. The Morgan fingerprint density at radius 3 is 2.62 bits per heavy atom. The molecule has 1 N–H and O–H groups in total. The van der Waals surface area contributed by atoms with E-state index in [0.717, 1.165) is 6.42 Å². The van der Waals surface area contributed by atoms with Crippen LogP contribution in [0.2, 0.25) is 0 Å². The van der Waals surface area contributed by atoms with Gasteiger partial charge in [0.1, 0.15) is 0 Å². The van der Waals surface area contributed by atoms with Crippen molar-refractivity contribution in [3.63, 3.8) is 0 Å². The highest BCUT2D eigenvalue weighted by atomic mass is 16.4. The Hall–Kier alpha value is -0.790. The monoisotopic (exact) mass is 112 g/mol. The van der Waals surface area contributed by atoms with Gasteiger partial charge in [-0.25, -0.2) is 0 Å². The molecule has 0 radical (unpaired) electrons. The number of carboxylic acid groups (broad SMARTS) is 1. The van der Waals surface area contributed by atoms with E-state index >= 15 is 0 Å². The van der Waals surface area contributed by atoms with Crippen LogP contribution < -0.4 is 0 Å². The SMILES string of the molecule is C=C[C@@H]1C[C@@H]1C(=O)O. The minimum absolute atomic E-state index is 0.118. The van der Waals surface area contributed by atoms with E-state index in [1.807, 2.05) is 0 Å². The molecule has 0 unspecified atom stereocenters. The molecule has 1 aliphatic carbocycles. The number of hydrogen-bond acceptors (Lipinski definition) is 1. The second kappa shape index (κ2) is 1.62. The molecular weight excluding hydrogens is 104 g/mol. The Morgan fingerprint density at radius 2 is 2.50 bits per heavy atom. The molecule has 0 aliphatic heterocycles. The normalized spacial score (nSPS) is 34.0. The van der Waals surface area contributed by atoms with E-state index in [2.05, 4.69) is 6.58 Å². The van der Waals surface area contributed by atoms with Gasteiger partial charge in [-0.1, -0.05) is 6.08 Å². The summed E-state index contributed by atoms with van der Waals surface area (Å²) in [5, 5.41) is 8.31. The standard InChI is InChI=1S/C6H8O2/c1-2-4-3-5(4)6(7)8/h2,4-5H,1,3H2,(H,7,8)/t4-,5+/m1/s1. The van der Waals surface area contributed by atoms with E-state index in [9.17, 15) is 4.79 Å². The van der Waals surface area contributed by atoms with Crippen molar-refractivity contribution in [2.24, 2.45) is 11.8 Å². The molecule has 0 spiro atoms. The lowest BCUT2D eigenvalue weighted by Gasteiger charge is -1.81. The van der Waals surface area contributed by atoms with Crippen LogP contribution in [-0.2, 0) is 4.79 Å². The van der Waals surface area contributed by atoms with Crippen molar-refractivity contribution in [3.8, 4) is 0 Å². The maximum atomic E-state index is 10.1. The van der Waals surface area contributed by atoms with Gasteiger partial charge in [0.05, 0.1) is 5.92 Å². The summed E-state index contributed by atoms with van der Waals surface area (Å²) < 4.78 is 0. The maximum absolute atomic E-state index is 10.1. The van der Waals surface area contributed by atoms with E-state index in [0.29, 0.717) is 0 Å². The van der Waals surface area contributed by atoms with Gasteiger partial charge in [0.15, 0.2) is 0 Å². The molecule has 1 saturated carbocycles. The van der Waals surface area contributed by atoms with Crippen molar-refractivity contribution in [1.29, 1.82) is 0 Å². The summed E-state index contributed by atoms with van der Waals surface area (Å²) in [7, 11) is 0. The molecule has 0 saturated heterocycles. The van der Waals surface area contributed by atoms with Crippen LogP contribution in [0.25, 0.3) is 0 Å². The molecular formula is C6H8O2. The predicted molar refractivity (Wildman–Crippen MR) is 29.4 cm³/mol. The average Bonchev–Trinajstić information content (AvgIpc) is 2.42. The summed E-state index contributed by atoms with van der Waals surface area (Å²) in [5.74, 6) is -0.546. The van der Waals surface area contributed by atoms with Gasteiger partial charge in [-0.05, 0) is 12.3 Å². The number of carboxylic acids is 1. The summed E-state index contributed by atoms with van der Waals surface area (Å²) >= 11 is 0. The molecule has 1 fully saturated rings. The van der Waals surface area contributed by atoms with Crippen LogP contribution in [-0.4, -0.2) is 11.1 Å². The molecule has 1 aliphatic rings. The number of rotatable bonds is 2. The van der Waals surface area contributed by atoms with Gasteiger partial charge in [-0.3, -0.25) is 4.79 Å². The minimum atomic E-state index is -0.685. The van der Waals surface area contributed by atoms with Crippen LogP contribution in [0.1, 0.15) is 6.42 Å². The molecule has 8 heavy (non-hydrogen) atoms. The van der Waals surface area contributed by atoms with E-state index < -0.39 is 5.97 Å². The number of aliphatic carboxylic acids is 1. The summed E-state index contributed by atoms with van der Waals surface area (Å²) in [6.45, 7) is 3.49. The predicted octanol–water partition coefficient (Wildman–Crippen LogP) is 0.893. The van der Waals surface area contributed by atoms with Crippen molar-refractivity contribution < 1.29 is 9.90 Å². The van der Waals surface area contributed by atoms with Crippen molar-refractivity contribution in [1.82, 2.24) is 0 Å². The highest BCUT2D eigenvalue weighted by Gasteiger charge is 2.40. The molecule has 0 aromatic heterocycles. The number of hydrogen-bond donors (Lipinski definition) is 1. The molecule has 2 heteroatoms. The third-order valence-corrected chi connectivity index (χ3v) is 1.46. The Balaban J connectivity index is 2.36. The molecule has 2 nitrogen and oxygen atoms in total. The third kappa shape index (κ3) is 0.735. The molecule has 1 rings (SSSR count). The van der Waals surface area contributed by atoms with Gasteiger partial charge in [0, 0.05) is 0 Å². The van der Waals surface area contributed by atoms with Gasteiger partial charge < -0.3 is 5.11 Å². The van der Waals surface area contributed by atoms with E-state index in [1.165, 1.54) is 0 Å². The van der Waals surface area contributed by atoms with Crippen molar-refractivity contribution in [2.45, 2.75) is 6.42 Å². The topological polar surface area (TPSA) is 37.3 Å². The lowest BCUT2D eigenvalue weighted by atomic mass is 10.3. The average molecular weight is 112 g/mol. The molecule has 0 aromatic rings. The first kappa shape index (κ1) is 5.35. The largest absolute Gasteiger partial charge is 0.481 e. The molecule has 0 heterocycles. The lowest BCUT2D eigenvalue weighted by molar-refractivity contribution is -0.138. The number of carbonyl (C=O) groups is 1. The fourth-order valence-electron chi connectivity index (χ4n) is 0.759. The Kier molecular flexibility index (Phi) is 1.08. The third-order valence-electron chi connectivity index (χ3n) is 1.46. The second-order valence-electron chi connectivity index (χ2n) is 2.08. The van der Waals surface area contributed by atoms with Crippen LogP contribution in [0.3, 0.4) is 0 Å². The zero-order valence-electron chi connectivity index (χ0n) is 4.50. The Labute approximate surface area is 47.8 Å². The molecule has 44 valence electrons. The number of allylic oxidation sites excluding steroid dienone is 1. The van der Waals surface area contributed by atoms with Crippen molar-refractivity contribution in [2.75, 3.05) is 0 Å². The Morgan fingerprint density at radius 1 is 1.88 bits per heavy atom. The van der Waals surface area contributed by atoms with Crippen LogP contribution in [0.15, 0.2) is 12.7 Å². The zero-order valence-corrected chi connectivity index (χ0v) is 4.50. The van der Waals surface area contributed by atoms with Gasteiger partial charge in [-0.2, -0.15) is 0 Å². The van der Waals surface area contributed by atoms with E-state index in [1.54, 1.807) is 6.08 Å². The first-order valence-electron chi connectivity index (χ1n) is 2.61. The summed E-state index contributed by atoms with van der Waals surface area (Å²) in [6.07, 6.45) is 2.50. The molecule has 0 bridgehead atoms. The van der Waals surface area contributed by atoms with Crippen LogP contribution in [0.4, 0.5) is 0 Å². The Bertz CT molecular complexity index is 128. The van der Waals surface area contributed by atoms with Crippen molar-refractivity contribution >= 4 is 5.97 Å². The van der Waals surface area contributed by atoms with Gasteiger partial charge in [-0.15, -0.1) is 6.58 Å². The maximum Gasteiger partial charge on any atom is 0.307 e. The summed E-state index contributed by atoms with van der Waals surface area (Å²) in [5.41, 5.74) is 0. The summed E-state index contributed by atoms with van der Waals surface area (Å²) in [4.78, 5) is 10.1. The van der Waals surface area contributed by atoms with Crippen LogP contribution >= 0.6 is 0 Å². The summed E-state index contributed by atoms with van der Waals surface area (Å²) in [6, 6.07) is 0. The fourth-order valence-corrected chi connectivity index (χ4v) is 0.759. The minimum Gasteiger partial charge on any atom is -0.481 e. The fraction of sp³-hybridized carbons (Fsp3) is 0.500. The highest BCUT2D eigenvalue weighted by molar-refractivity contribution is 5.73. The molecule has 0 aromatic carbocycles. The molecule has 0 amide bonds. The first-order valence-corrected chi connectivity index (χ1v) is 2.61. The highest BCUT2D eigenvalue weighted by Crippen LogP contribution is 2.38. The smallest absolute Gasteiger partial charge is 0.307 e. The van der Waals surface area contributed by atoms with Crippen LogP contribution in [0, 0.1) is 11.8 Å². The van der Waals surface area contributed by atoms with E-state index in [4.69, 9.17) is 5.11 Å². The second-order valence-corrected chi connectivity index (χ2v) is 2.08. The quantitative estimate of drug-likeness (QED) is 0.539. The molecule has 2 atom stereocenters. The van der Waals surface area contributed by atoms with Crippen LogP contribution in [0.5, 0.6) is 0 Å². The van der Waals surface area contributed by atoms with Gasteiger partial charge in [0.25, 0.3) is 0 Å². The van der Waals surface area contributed by atoms with Crippen molar-refractivity contribution in [3.05, 3.63) is 12.7 Å². The van der Waals surface area contributed by atoms with Gasteiger partial charge in [0.2, 0.25) is 0 Å². The van der Waals surface area contributed by atoms with Gasteiger partial charge >= 0.3 is 5.97 Å². The van der Waals surface area contributed by atoms with E-state index in [-0.39, 0.29) is 11.8 Å².